The summed E-state index contributed by atoms with van der Waals surface area (Å²) in [4.78, 5) is 0. The zero-order chi connectivity index (χ0) is 12.1. The number of nitrogens with one attached hydrogen (secondary N) is 1. The smallest absolute Gasteiger partial charge is 0.0759 e. The van der Waals surface area contributed by atoms with Gasteiger partial charge in [-0.1, -0.05) is 6.92 Å². The summed E-state index contributed by atoms with van der Waals surface area (Å²) in [5.74, 6) is 0.789. The van der Waals surface area contributed by atoms with Crippen LogP contribution in [0.5, 0.6) is 0 Å². The van der Waals surface area contributed by atoms with E-state index in [1.54, 1.807) is 11.3 Å². The maximum absolute atomic E-state index is 5.97. The van der Waals surface area contributed by atoms with Gasteiger partial charge in [-0.3, -0.25) is 0 Å². The van der Waals surface area contributed by atoms with Crippen molar-refractivity contribution in [3.63, 3.8) is 0 Å². The van der Waals surface area contributed by atoms with Gasteiger partial charge in [0.15, 0.2) is 0 Å². The van der Waals surface area contributed by atoms with Gasteiger partial charge >= 0.3 is 0 Å². The minimum atomic E-state index is 0.403. The Morgan fingerprint density at radius 2 is 2.29 bits per heavy atom. The second-order valence-corrected chi connectivity index (χ2v) is 5.54. The highest BCUT2D eigenvalue weighted by Gasteiger charge is 2.36. The van der Waals surface area contributed by atoms with Crippen LogP contribution in [0.2, 0.25) is 0 Å². The predicted octanol–water partition coefficient (Wildman–Crippen LogP) is 3.08. The molecule has 0 spiro atoms. The van der Waals surface area contributed by atoms with Crippen molar-refractivity contribution in [3.05, 3.63) is 22.4 Å². The molecular formula is C14H23NOS. The molecule has 1 N–H and O–H groups in total. The Bertz CT molecular complexity index is 308. The van der Waals surface area contributed by atoms with Crippen LogP contribution in [0.1, 0.15) is 32.3 Å². The van der Waals surface area contributed by atoms with Crippen molar-refractivity contribution in [1.29, 1.82) is 0 Å². The Kier molecular flexibility index (Phi) is 5.01. The molecule has 2 unspecified atom stereocenters. The number of hydrogen-bond acceptors (Lipinski definition) is 3. The Labute approximate surface area is 108 Å². The number of ether oxygens (including phenoxy) is 1. The maximum atomic E-state index is 5.97. The molecule has 2 rings (SSSR count). The van der Waals surface area contributed by atoms with Crippen molar-refractivity contribution in [2.24, 2.45) is 5.92 Å². The lowest BCUT2D eigenvalue weighted by Gasteiger charge is -2.27. The molecule has 0 aliphatic heterocycles. The lowest BCUT2D eigenvalue weighted by atomic mass is 9.99. The third-order valence-electron chi connectivity index (χ3n) is 3.34. The second-order valence-electron chi connectivity index (χ2n) is 4.76. The number of rotatable bonds is 8. The van der Waals surface area contributed by atoms with Crippen LogP contribution in [0, 0.1) is 5.92 Å². The zero-order valence-corrected chi connectivity index (χ0v) is 11.6. The molecule has 0 amide bonds. The van der Waals surface area contributed by atoms with E-state index in [9.17, 15) is 0 Å². The molecule has 0 aromatic carbocycles. The molecule has 0 saturated heterocycles. The first-order valence-corrected chi connectivity index (χ1v) is 7.65. The van der Waals surface area contributed by atoms with Crippen LogP contribution >= 0.6 is 11.3 Å². The molecule has 1 aliphatic rings. The van der Waals surface area contributed by atoms with Gasteiger partial charge in [0.2, 0.25) is 0 Å². The van der Waals surface area contributed by atoms with Crippen LogP contribution in [-0.4, -0.2) is 25.3 Å². The topological polar surface area (TPSA) is 21.3 Å². The molecule has 1 fully saturated rings. The standard InChI is InChI=1S/C14H23NOS/c1-3-15-13(9-11-7-8-17-10-11)14(16-4-2)12-5-6-12/h7-8,10,12-15H,3-6,9H2,1-2H3. The number of thiophene rings is 1. The van der Waals surface area contributed by atoms with Gasteiger partial charge in [0, 0.05) is 12.6 Å². The average molecular weight is 253 g/mol. The van der Waals surface area contributed by atoms with Gasteiger partial charge in [-0.25, -0.2) is 0 Å². The lowest BCUT2D eigenvalue weighted by Crippen LogP contribution is -2.44. The van der Waals surface area contributed by atoms with Crippen molar-refractivity contribution in [2.45, 2.75) is 45.3 Å². The van der Waals surface area contributed by atoms with Crippen LogP contribution in [0.4, 0.5) is 0 Å². The SMILES string of the molecule is CCNC(Cc1ccsc1)C(OCC)C1CC1. The third kappa shape index (κ3) is 3.80. The average Bonchev–Trinajstić information content (AvgIpc) is 3.04. The molecule has 0 bridgehead atoms. The van der Waals surface area contributed by atoms with Crippen LogP contribution in [0.15, 0.2) is 16.8 Å². The Balaban J connectivity index is 1.98. The highest BCUT2D eigenvalue weighted by atomic mass is 32.1. The summed E-state index contributed by atoms with van der Waals surface area (Å²) in [6.07, 6.45) is 4.19. The maximum Gasteiger partial charge on any atom is 0.0759 e. The molecule has 2 nitrogen and oxygen atoms in total. The van der Waals surface area contributed by atoms with Crippen molar-refractivity contribution in [3.8, 4) is 0 Å². The van der Waals surface area contributed by atoms with Crippen molar-refractivity contribution in [2.75, 3.05) is 13.2 Å². The molecule has 1 aromatic rings. The van der Waals surface area contributed by atoms with E-state index in [4.69, 9.17) is 4.74 Å². The quantitative estimate of drug-likeness (QED) is 0.769. The minimum absolute atomic E-state index is 0.403. The van der Waals surface area contributed by atoms with E-state index in [2.05, 4.69) is 36.0 Å². The second kappa shape index (κ2) is 6.53. The van der Waals surface area contributed by atoms with Gasteiger partial charge < -0.3 is 10.1 Å². The van der Waals surface area contributed by atoms with E-state index in [0.717, 1.165) is 25.5 Å². The fourth-order valence-corrected chi connectivity index (χ4v) is 3.11. The Morgan fingerprint density at radius 3 is 2.82 bits per heavy atom. The van der Waals surface area contributed by atoms with Crippen molar-refractivity contribution in [1.82, 2.24) is 5.32 Å². The van der Waals surface area contributed by atoms with E-state index in [1.807, 2.05) is 0 Å². The van der Waals surface area contributed by atoms with Crippen LogP contribution in [0.3, 0.4) is 0 Å². The van der Waals surface area contributed by atoms with E-state index < -0.39 is 0 Å². The monoisotopic (exact) mass is 253 g/mol. The van der Waals surface area contributed by atoms with Crippen molar-refractivity contribution < 1.29 is 4.74 Å². The van der Waals surface area contributed by atoms with Crippen molar-refractivity contribution >= 4 is 11.3 Å². The summed E-state index contributed by atoms with van der Waals surface area (Å²) < 4.78 is 5.97. The fraction of sp³-hybridized carbons (Fsp3) is 0.714. The Morgan fingerprint density at radius 1 is 1.47 bits per heavy atom. The molecule has 0 radical (unpaired) electrons. The van der Waals surface area contributed by atoms with E-state index >= 15 is 0 Å². The normalized spacial score (nSPS) is 19.2. The fourth-order valence-electron chi connectivity index (χ4n) is 2.43. The van der Waals surface area contributed by atoms with Gasteiger partial charge in [0.05, 0.1) is 6.10 Å². The van der Waals surface area contributed by atoms with Gasteiger partial charge in [-0.2, -0.15) is 11.3 Å². The highest BCUT2D eigenvalue weighted by molar-refractivity contribution is 7.07. The predicted molar refractivity (Wildman–Crippen MR) is 73.6 cm³/mol. The summed E-state index contributed by atoms with van der Waals surface area (Å²) in [6.45, 7) is 6.12. The first-order chi connectivity index (χ1) is 8.35. The van der Waals surface area contributed by atoms with Gasteiger partial charge in [0.25, 0.3) is 0 Å². The van der Waals surface area contributed by atoms with E-state index in [1.165, 1.54) is 18.4 Å². The molecule has 1 saturated carbocycles. The van der Waals surface area contributed by atoms with Gasteiger partial charge in [0.1, 0.15) is 0 Å². The summed E-state index contributed by atoms with van der Waals surface area (Å²) in [7, 11) is 0. The molecule has 1 aromatic heterocycles. The molecule has 3 heteroatoms. The van der Waals surface area contributed by atoms with Gasteiger partial charge in [-0.15, -0.1) is 0 Å². The highest BCUT2D eigenvalue weighted by Crippen LogP contribution is 2.36. The summed E-state index contributed by atoms with van der Waals surface area (Å²) in [5, 5.41) is 8.01. The first-order valence-electron chi connectivity index (χ1n) is 6.71. The Hall–Kier alpha value is -0.380. The van der Waals surface area contributed by atoms with Crippen LogP contribution in [0.25, 0.3) is 0 Å². The molecule has 1 aliphatic carbocycles. The zero-order valence-electron chi connectivity index (χ0n) is 10.8. The molecule has 2 atom stereocenters. The van der Waals surface area contributed by atoms with Crippen LogP contribution < -0.4 is 5.32 Å². The van der Waals surface area contributed by atoms with Crippen LogP contribution in [-0.2, 0) is 11.2 Å². The number of likely N-dealkylation sites (N-methyl/N-ethyl adjacent to an activating group) is 1. The molecule has 96 valence electrons. The summed E-state index contributed by atoms with van der Waals surface area (Å²) in [6, 6.07) is 2.70. The molecule has 17 heavy (non-hydrogen) atoms. The first kappa shape index (κ1) is 13.1. The molecular weight excluding hydrogens is 230 g/mol. The number of hydrogen-bond donors (Lipinski definition) is 1. The summed E-state index contributed by atoms with van der Waals surface area (Å²) >= 11 is 1.78. The summed E-state index contributed by atoms with van der Waals surface area (Å²) in [5.41, 5.74) is 1.44. The third-order valence-corrected chi connectivity index (χ3v) is 4.08. The van der Waals surface area contributed by atoms with E-state index in [-0.39, 0.29) is 0 Å². The largest absolute Gasteiger partial charge is 0.377 e. The molecule has 1 heterocycles. The van der Waals surface area contributed by atoms with E-state index in [0.29, 0.717) is 12.1 Å². The minimum Gasteiger partial charge on any atom is -0.377 e. The lowest BCUT2D eigenvalue weighted by molar-refractivity contribution is 0.0196. The van der Waals surface area contributed by atoms with Gasteiger partial charge in [-0.05, 0) is 61.0 Å².